The zero-order valence-electron chi connectivity index (χ0n) is 17.6. The maximum atomic E-state index is 12.6. The normalized spacial score (nSPS) is 20.7. The van der Waals surface area contributed by atoms with Crippen LogP contribution >= 0.6 is 0 Å². The van der Waals surface area contributed by atoms with Crippen molar-refractivity contribution in [2.24, 2.45) is 11.8 Å². The molecule has 1 aliphatic heterocycles. The lowest BCUT2D eigenvalue weighted by Gasteiger charge is -2.23. The molecule has 2 fully saturated rings. The third kappa shape index (κ3) is 5.17. The highest BCUT2D eigenvalue weighted by Gasteiger charge is 2.36. The van der Waals surface area contributed by atoms with E-state index < -0.39 is 0 Å². The Morgan fingerprint density at radius 1 is 1.07 bits per heavy atom. The maximum absolute atomic E-state index is 12.6. The smallest absolute Gasteiger partial charge is 0.227 e. The molecule has 158 valence electrons. The molecule has 0 spiro atoms. The molecule has 0 radical (unpaired) electrons. The minimum absolute atomic E-state index is 0.00422. The summed E-state index contributed by atoms with van der Waals surface area (Å²) in [5, 5.41) is 5.79. The minimum Gasteiger partial charge on any atom is -0.354 e. The molecule has 2 N–H and O–H groups in total. The van der Waals surface area contributed by atoms with Crippen LogP contribution in [0.2, 0.25) is 0 Å². The van der Waals surface area contributed by atoms with Gasteiger partial charge in [0, 0.05) is 37.7 Å². The first-order valence-corrected chi connectivity index (χ1v) is 11.0. The molecule has 1 aromatic carbocycles. The highest BCUT2D eigenvalue weighted by molar-refractivity contribution is 6.00. The summed E-state index contributed by atoms with van der Waals surface area (Å²) in [4.78, 5) is 38.9. The first-order valence-electron chi connectivity index (χ1n) is 11.0. The fourth-order valence-corrected chi connectivity index (χ4v) is 4.33. The maximum Gasteiger partial charge on any atom is 0.227 e. The van der Waals surface area contributed by atoms with Gasteiger partial charge in [-0.2, -0.15) is 0 Å². The number of anilines is 1. The zero-order valence-corrected chi connectivity index (χ0v) is 17.6. The molecule has 1 saturated carbocycles. The molecular weight excluding hydrogens is 366 g/mol. The van der Waals surface area contributed by atoms with Crippen LogP contribution < -0.4 is 15.5 Å². The molecule has 6 nitrogen and oxygen atoms in total. The number of carbonyl (C=O) groups is 3. The van der Waals surface area contributed by atoms with Crippen molar-refractivity contribution in [3.8, 4) is 0 Å². The summed E-state index contributed by atoms with van der Waals surface area (Å²) in [5.74, 6) is 0.124. The lowest BCUT2D eigenvalue weighted by atomic mass is 9.96. The third-order valence-electron chi connectivity index (χ3n) is 6.32. The lowest BCUT2D eigenvalue weighted by Crippen LogP contribution is -2.39. The number of rotatable bonds is 8. The summed E-state index contributed by atoms with van der Waals surface area (Å²) < 4.78 is 0. The van der Waals surface area contributed by atoms with Crippen LogP contribution in [0.1, 0.15) is 63.9 Å². The van der Waals surface area contributed by atoms with Gasteiger partial charge in [0.25, 0.3) is 0 Å². The molecule has 2 atom stereocenters. The monoisotopic (exact) mass is 399 g/mol. The second kappa shape index (κ2) is 9.90. The van der Waals surface area contributed by atoms with E-state index in [0.717, 1.165) is 43.4 Å². The second-order valence-corrected chi connectivity index (χ2v) is 8.34. The Labute approximate surface area is 173 Å². The second-order valence-electron chi connectivity index (χ2n) is 8.34. The van der Waals surface area contributed by atoms with Gasteiger partial charge in [-0.1, -0.05) is 44.9 Å². The number of amides is 3. The van der Waals surface area contributed by atoms with Crippen LogP contribution in [0.4, 0.5) is 5.69 Å². The minimum atomic E-state index is -0.349. The predicted molar refractivity (Wildman–Crippen MR) is 114 cm³/mol. The summed E-state index contributed by atoms with van der Waals surface area (Å²) in [6.45, 7) is 5.53. The van der Waals surface area contributed by atoms with E-state index in [0.29, 0.717) is 25.6 Å². The van der Waals surface area contributed by atoms with E-state index in [2.05, 4.69) is 30.5 Å². The first kappa shape index (κ1) is 21.3. The average molecular weight is 400 g/mol. The molecule has 6 heteroatoms. The number of nitrogens with zero attached hydrogens (tertiary/aromatic N) is 1. The highest BCUT2D eigenvalue weighted by Crippen LogP contribution is 2.33. The van der Waals surface area contributed by atoms with Gasteiger partial charge in [-0.15, -0.1) is 0 Å². The Morgan fingerprint density at radius 3 is 2.34 bits per heavy atom. The molecule has 3 rings (SSSR count). The van der Waals surface area contributed by atoms with Crippen LogP contribution in [-0.4, -0.2) is 37.4 Å². The Kier molecular flexibility index (Phi) is 7.29. The fourth-order valence-electron chi connectivity index (χ4n) is 4.33. The van der Waals surface area contributed by atoms with Crippen molar-refractivity contribution in [2.75, 3.05) is 24.5 Å². The van der Waals surface area contributed by atoms with E-state index in [-0.39, 0.29) is 36.0 Å². The molecule has 29 heavy (non-hydrogen) atoms. The molecule has 1 aromatic rings. The van der Waals surface area contributed by atoms with E-state index in [1.165, 1.54) is 0 Å². The molecule has 2 unspecified atom stereocenters. The lowest BCUT2D eigenvalue weighted by molar-refractivity contribution is -0.127. The fraction of sp³-hybridized carbons (Fsp3) is 0.609. The molecule has 1 heterocycles. The number of para-hydroxylation sites is 1. The van der Waals surface area contributed by atoms with Crippen LogP contribution in [0.15, 0.2) is 24.3 Å². The molecule has 0 bridgehead atoms. The predicted octanol–water partition coefficient (Wildman–Crippen LogP) is 2.98. The number of benzene rings is 1. The van der Waals surface area contributed by atoms with E-state index >= 15 is 0 Å². The van der Waals surface area contributed by atoms with Crippen molar-refractivity contribution in [1.82, 2.24) is 10.6 Å². The highest BCUT2D eigenvalue weighted by atomic mass is 16.2. The first-order chi connectivity index (χ1) is 14.0. The zero-order chi connectivity index (χ0) is 20.8. The van der Waals surface area contributed by atoms with E-state index in [1.54, 1.807) is 4.90 Å². The summed E-state index contributed by atoms with van der Waals surface area (Å²) in [5.41, 5.74) is 2.07. The van der Waals surface area contributed by atoms with Crippen molar-refractivity contribution in [2.45, 2.75) is 58.3 Å². The van der Waals surface area contributed by atoms with Gasteiger partial charge in [-0.3, -0.25) is 14.4 Å². The SMILES string of the molecule is CCC(C)c1ccccc1N1CC(C(=O)NCCNC(=O)C2CCCC2)CC1=O. The Morgan fingerprint density at radius 2 is 1.69 bits per heavy atom. The Balaban J connectivity index is 1.50. The van der Waals surface area contributed by atoms with Crippen LogP contribution in [0.5, 0.6) is 0 Å². The van der Waals surface area contributed by atoms with Gasteiger partial charge in [0.15, 0.2) is 0 Å². The van der Waals surface area contributed by atoms with Gasteiger partial charge in [-0.25, -0.2) is 0 Å². The summed E-state index contributed by atoms with van der Waals surface area (Å²) in [6.07, 6.45) is 5.42. The van der Waals surface area contributed by atoms with Gasteiger partial charge in [0.1, 0.15) is 0 Å². The quantitative estimate of drug-likeness (QED) is 0.660. The number of hydrogen-bond donors (Lipinski definition) is 2. The molecule has 3 amide bonds. The van der Waals surface area contributed by atoms with Crippen LogP contribution in [0.3, 0.4) is 0 Å². The van der Waals surface area contributed by atoms with Crippen molar-refractivity contribution < 1.29 is 14.4 Å². The number of nitrogens with one attached hydrogen (secondary N) is 2. The summed E-state index contributed by atoms with van der Waals surface area (Å²) in [7, 11) is 0. The van der Waals surface area contributed by atoms with E-state index in [1.807, 2.05) is 18.2 Å². The summed E-state index contributed by atoms with van der Waals surface area (Å²) in [6, 6.07) is 7.97. The molecule has 0 aromatic heterocycles. The third-order valence-corrected chi connectivity index (χ3v) is 6.32. The van der Waals surface area contributed by atoms with Gasteiger partial charge in [0.2, 0.25) is 17.7 Å². The van der Waals surface area contributed by atoms with Gasteiger partial charge in [-0.05, 0) is 36.8 Å². The Bertz CT molecular complexity index is 743. The standard InChI is InChI=1S/C23H33N3O3/c1-3-16(2)19-10-6-7-11-20(19)26-15-18(14-21(26)27)23(29)25-13-12-24-22(28)17-8-4-5-9-17/h6-7,10-11,16-18H,3-5,8-9,12-15H2,1-2H3,(H,24,28)(H,25,29). The number of hydrogen-bond acceptors (Lipinski definition) is 3. The summed E-state index contributed by atoms with van der Waals surface area (Å²) >= 11 is 0. The van der Waals surface area contributed by atoms with Crippen molar-refractivity contribution >= 4 is 23.4 Å². The molecule has 2 aliphatic rings. The van der Waals surface area contributed by atoms with Gasteiger partial charge in [0.05, 0.1) is 5.92 Å². The van der Waals surface area contributed by atoms with Crippen LogP contribution in [0.25, 0.3) is 0 Å². The van der Waals surface area contributed by atoms with Crippen molar-refractivity contribution in [1.29, 1.82) is 0 Å². The topological polar surface area (TPSA) is 78.5 Å². The molecular formula is C23H33N3O3. The van der Waals surface area contributed by atoms with Crippen LogP contribution in [-0.2, 0) is 14.4 Å². The molecule has 1 saturated heterocycles. The van der Waals surface area contributed by atoms with Crippen LogP contribution in [0, 0.1) is 11.8 Å². The number of carbonyl (C=O) groups excluding carboxylic acids is 3. The van der Waals surface area contributed by atoms with Gasteiger partial charge < -0.3 is 15.5 Å². The average Bonchev–Trinajstić information content (AvgIpc) is 3.40. The van der Waals surface area contributed by atoms with Gasteiger partial charge >= 0.3 is 0 Å². The van der Waals surface area contributed by atoms with E-state index in [9.17, 15) is 14.4 Å². The van der Waals surface area contributed by atoms with Crippen molar-refractivity contribution in [3.63, 3.8) is 0 Å². The molecule has 1 aliphatic carbocycles. The Hall–Kier alpha value is -2.37. The van der Waals surface area contributed by atoms with E-state index in [4.69, 9.17) is 0 Å². The van der Waals surface area contributed by atoms with Crippen molar-refractivity contribution in [3.05, 3.63) is 29.8 Å². The largest absolute Gasteiger partial charge is 0.354 e.